The third kappa shape index (κ3) is 5.38. The molecule has 3 aliphatic rings. The van der Waals surface area contributed by atoms with Crippen molar-refractivity contribution in [1.82, 2.24) is 5.32 Å². The quantitative estimate of drug-likeness (QED) is 0.369. The van der Waals surface area contributed by atoms with Crippen molar-refractivity contribution >= 4 is 5.70 Å². The summed E-state index contributed by atoms with van der Waals surface area (Å²) in [6.45, 7) is 6.92. The van der Waals surface area contributed by atoms with Crippen LogP contribution >= 0.6 is 0 Å². The molecule has 196 valence electrons. The van der Waals surface area contributed by atoms with E-state index < -0.39 is 0 Å². The van der Waals surface area contributed by atoms with Crippen LogP contribution in [0.4, 0.5) is 0 Å². The van der Waals surface area contributed by atoms with Crippen molar-refractivity contribution in [3.63, 3.8) is 0 Å². The molecule has 4 heteroatoms. The Kier molecular flexibility index (Phi) is 8.87. The van der Waals surface area contributed by atoms with Gasteiger partial charge in [-0.05, 0) is 78.7 Å². The highest BCUT2D eigenvalue weighted by atomic mass is 16.5. The number of ether oxygens (including phenoxy) is 3. The molecule has 1 aliphatic heterocycles. The van der Waals surface area contributed by atoms with Gasteiger partial charge < -0.3 is 19.5 Å². The third-order valence-corrected chi connectivity index (χ3v) is 8.52. The van der Waals surface area contributed by atoms with Crippen molar-refractivity contribution in [3.8, 4) is 0 Å². The number of allylic oxidation sites excluding steroid dienone is 5. The number of nitrogens with one attached hydrogen (secondary N) is 1. The maximum Gasteiger partial charge on any atom is 0.122 e. The number of hydrogen-bond donors (Lipinski definition) is 1. The van der Waals surface area contributed by atoms with Gasteiger partial charge in [0, 0.05) is 30.2 Å². The first-order valence-corrected chi connectivity index (χ1v) is 13.9. The van der Waals surface area contributed by atoms with E-state index in [-0.39, 0.29) is 0 Å². The fourth-order valence-corrected chi connectivity index (χ4v) is 6.49. The molecule has 2 aliphatic carbocycles. The van der Waals surface area contributed by atoms with Crippen LogP contribution in [-0.2, 0) is 27.1 Å². The van der Waals surface area contributed by atoms with Crippen LogP contribution in [0.1, 0.15) is 82.4 Å². The minimum absolute atomic E-state index is 0.346. The number of rotatable bonds is 10. The Balaban J connectivity index is 1.61. The minimum atomic E-state index is 0.346. The van der Waals surface area contributed by atoms with Crippen LogP contribution in [-0.4, -0.2) is 27.4 Å². The molecule has 1 aromatic carbocycles. The zero-order valence-corrected chi connectivity index (χ0v) is 23.2. The fraction of sp³-hybridized carbons (Fsp3) is 0.562. The fourth-order valence-electron chi connectivity index (χ4n) is 6.49. The zero-order valence-electron chi connectivity index (χ0n) is 23.2. The van der Waals surface area contributed by atoms with E-state index in [0.29, 0.717) is 17.9 Å². The molecule has 4 nitrogen and oxygen atoms in total. The normalized spacial score (nSPS) is 22.8. The van der Waals surface area contributed by atoms with E-state index in [9.17, 15) is 0 Å². The lowest BCUT2D eigenvalue weighted by Gasteiger charge is -2.41. The van der Waals surface area contributed by atoms with Crippen molar-refractivity contribution in [3.05, 3.63) is 75.5 Å². The average Bonchev–Trinajstić information content (AvgIpc) is 2.93. The molecule has 0 spiro atoms. The van der Waals surface area contributed by atoms with E-state index in [2.05, 4.69) is 56.4 Å². The summed E-state index contributed by atoms with van der Waals surface area (Å²) in [6.07, 6.45) is 14.2. The number of methoxy groups -OCH3 is 3. The molecule has 1 heterocycles. The van der Waals surface area contributed by atoms with Gasteiger partial charge in [0.05, 0.1) is 38.9 Å². The summed E-state index contributed by atoms with van der Waals surface area (Å²) >= 11 is 0. The van der Waals surface area contributed by atoms with Gasteiger partial charge in [-0.3, -0.25) is 0 Å². The molecule has 4 rings (SSSR count). The lowest BCUT2D eigenvalue weighted by atomic mass is 9.71. The Morgan fingerprint density at radius 1 is 0.944 bits per heavy atom. The molecular weight excluding hydrogens is 446 g/mol. The van der Waals surface area contributed by atoms with E-state index >= 15 is 0 Å². The summed E-state index contributed by atoms with van der Waals surface area (Å²) in [7, 11) is 5.41. The smallest absolute Gasteiger partial charge is 0.122 e. The number of aryl methyl sites for hydroxylation is 2. The monoisotopic (exact) mass is 491 g/mol. The summed E-state index contributed by atoms with van der Waals surface area (Å²) in [4.78, 5) is 0. The lowest BCUT2D eigenvalue weighted by Crippen LogP contribution is -2.41. The van der Waals surface area contributed by atoms with E-state index in [4.69, 9.17) is 14.2 Å². The van der Waals surface area contributed by atoms with Crippen LogP contribution in [0.15, 0.2) is 58.8 Å². The minimum Gasteiger partial charge on any atom is -0.501 e. The molecule has 0 radical (unpaired) electrons. The Morgan fingerprint density at radius 3 is 2.33 bits per heavy atom. The number of hydrogen-bond acceptors (Lipinski definition) is 4. The SMILES string of the molecule is CCc1cccc(CC)c1C1=CC(OC)=C2C(CCCC2C(C)CCC2=C(OC)CCC(OC)=C2)N1. The Morgan fingerprint density at radius 2 is 1.69 bits per heavy atom. The largest absolute Gasteiger partial charge is 0.501 e. The predicted octanol–water partition coefficient (Wildman–Crippen LogP) is 7.47. The Bertz CT molecular complexity index is 1040. The van der Waals surface area contributed by atoms with Gasteiger partial charge in [-0.15, -0.1) is 0 Å². The molecule has 3 unspecified atom stereocenters. The van der Waals surface area contributed by atoms with Gasteiger partial charge >= 0.3 is 0 Å². The molecule has 0 bridgehead atoms. The molecule has 3 atom stereocenters. The predicted molar refractivity (Wildman–Crippen MR) is 148 cm³/mol. The molecule has 1 saturated carbocycles. The Labute approximate surface area is 218 Å². The van der Waals surface area contributed by atoms with E-state index in [1.165, 1.54) is 46.4 Å². The third-order valence-electron chi connectivity index (χ3n) is 8.52. The van der Waals surface area contributed by atoms with Gasteiger partial charge in [0.1, 0.15) is 5.76 Å². The number of benzene rings is 1. The topological polar surface area (TPSA) is 39.7 Å². The molecule has 1 N–H and O–H groups in total. The van der Waals surface area contributed by atoms with Crippen LogP contribution in [0.5, 0.6) is 0 Å². The molecule has 0 amide bonds. The van der Waals surface area contributed by atoms with E-state index in [1.807, 2.05) is 7.11 Å². The van der Waals surface area contributed by atoms with Gasteiger partial charge in [-0.2, -0.15) is 0 Å². The molecule has 1 aromatic rings. The standard InChI is InChI=1S/C32H45NO3/c1-7-22-11-9-12-23(8-2)31(22)28-20-30(36-6)32-26(13-10-14-27(32)33-28)21(3)15-16-24-19-25(34-4)17-18-29(24)35-5/h9,11-12,19-21,26-27,33H,7-8,10,13-18H2,1-6H3. The summed E-state index contributed by atoms with van der Waals surface area (Å²) in [5.41, 5.74) is 8.20. The Hall–Kier alpha value is -2.62. The summed E-state index contributed by atoms with van der Waals surface area (Å²) in [5.74, 6) is 4.35. The average molecular weight is 492 g/mol. The molecular formula is C32H45NO3. The van der Waals surface area contributed by atoms with Gasteiger partial charge in [0.25, 0.3) is 0 Å². The van der Waals surface area contributed by atoms with Crippen molar-refractivity contribution in [2.75, 3.05) is 21.3 Å². The van der Waals surface area contributed by atoms with Gasteiger partial charge in [-0.25, -0.2) is 0 Å². The highest BCUT2D eigenvalue weighted by Crippen LogP contribution is 2.43. The second-order valence-electron chi connectivity index (χ2n) is 10.5. The van der Waals surface area contributed by atoms with Crippen LogP contribution in [0.3, 0.4) is 0 Å². The highest BCUT2D eigenvalue weighted by Gasteiger charge is 2.36. The summed E-state index contributed by atoms with van der Waals surface area (Å²) in [6, 6.07) is 7.08. The second kappa shape index (κ2) is 12.1. The van der Waals surface area contributed by atoms with Crippen LogP contribution in [0, 0.1) is 11.8 Å². The first-order chi connectivity index (χ1) is 17.5. The van der Waals surface area contributed by atoms with Crippen LogP contribution in [0.25, 0.3) is 5.70 Å². The lowest BCUT2D eigenvalue weighted by molar-refractivity contribution is 0.234. The van der Waals surface area contributed by atoms with Crippen molar-refractivity contribution in [2.45, 2.75) is 84.6 Å². The first-order valence-electron chi connectivity index (χ1n) is 13.9. The summed E-state index contributed by atoms with van der Waals surface area (Å²) in [5, 5.41) is 3.97. The maximum absolute atomic E-state index is 6.11. The van der Waals surface area contributed by atoms with Crippen molar-refractivity contribution in [1.29, 1.82) is 0 Å². The summed E-state index contributed by atoms with van der Waals surface area (Å²) < 4.78 is 17.4. The van der Waals surface area contributed by atoms with Gasteiger partial charge in [0.2, 0.25) is 0 Å². The molecule has 1 fully saturated rings. The second-order valence-corrected chi connectivity index (χ2v) is 10.5. The van der Waals surface area contributed by atoms with Crippen molar-refractivity contribution < 1.29 is 14.2 Å². The molecule has 36 heavy (non-hydrogen) atoms. The van der Waals surface area contributed by atoms with Gasteiger partial charge in [0.15, 0.2) is 0 Å². The zero-order chi connectivity index (χ0) is 25.7. The van der Waals surface area contributed by atoms with Crippen LogP contribution in [0.2, 0.25) is 0 Å². The highest BCUT2D eigenvalue weighted by molar-refractivity contribution is 5.74. The van der Waals surface area contributed by atoms with Crippen LogP contribution < -0.4 is 5.32 Å². The first kappa shape index (κ1) is 26.4. The van der Waals surface area contributed by atoms with Gasteiger partial charge in [-0.1, -0.05) is 45.4 Å². The van der Waals surface area contributed by atoms with E-state index in [1.54, 1.807) is 14.2 Å². The van der Waals surface area contributed by atoms with E-state index in [0.717, 1.165) is 62.2 Å². The number of dihydropyridines is 1. The molecule has 0 saturated heterocycles. The number of fused-ring (bicyclic) bond motifs is 1. The molecule has 0 aromatic heterocycles. The van der Waals surface area contributed by atoms with Crippen molar-refractivity contribution in [2.24, 2.45) is 11.8 Å². The maximum atomic E-state index is 6.11.